The largest absolute Gasteiger partial charge is 0.504 e. The number of aromatic hydroxyl groups is 2. The predicted molar refractivity (Wildman–Crippen MR) is 85.9 cm³/mol. The van der Waals surface area contributed by atoms with Gasteiger partial charge >= 0.3 is 0 Å². The minimum absolute atomic E-state index is 0.0119. The molecule has 2 heteroatoms. The summed E-state index contributed by atoms with van der Waals surface area (Å²) in [6.07, 6.45) is 3.02. The first-order valence-corrected chi connectivity index (χ1v) is 7.62. The van der Waals surface area contributed by atoms with E-state index in [0.717, 1.165) is 36.0 Å². The van der Waals surface area contributed by atoms with Crippen LogP contribution in [0.2, 0.25) is 0 Å². The highest BCUT2D eigenvalue weighted by atomic mass is 16.3. The summed E-state index contributed by atoms with van der Waals surface area (Å²) in [6, 6.07) is 9.83. The van der Waals surface area contributed by atoms with Gasteiger partial charge in [-0.2, -0.15) is 0 Å². The monoisotopic (exact) mass is 282 g/mol. The molecule has 0 atom stereocenters. The number of hydrogen-bond donors (Lipinski definition) is 2. The molecular weight excluding hydrogens is 260 g/mol. The van der Waals surface area contributed by atoms with Gasteiger partial charge in [-0.05, 0) is 46.6 Å². The van der Waals surface area contributed by atoms with Crippen LogP contribution in [0.5, 0.6) is 11.5 Å². The van der Waals surface area contributed by atoms with Crippen LogP contribution in [0.25, 0.3) is 11.1 Å². The van der Waals surface area contributed by atoms with Gasteiger partial charge in [0.25, 0.3) is 0 Å². The predicted octanol–water partition coefficient (Wildman–Crippen LogP) is 4.55. The van der Waals surface area contributed by atoms with Crippen molar-refractivity contribution in [1.82, 2.24) is 0 Å². The lowest BCUT2D eigenvalue weighted by atomic mass is 9.68. The summed E-state index contributed by atoms with van der Waals surface area (Å²) in [6.45, 7) is 6.71. The van der Waals surface area contributed by atoms with Crippen LogP contribution < -0.4 is 0 Å². The first-order valence-electron chi connectivity index (χ1n) is 7.62. The fourth-order valence-corrected chi connectivity index (χ4v) is 3.72. The van der Waals surface area contributed by atoms with Crippen molar-refractivity contribution in [2.75, 3.05) is 0 Å². The van der Waals surface area contributed by atoms with E-state index < -0.39 is 0 Å². The van der Waals surface area contributed by atoms with E-state index in [1.165, 1.54) is 11.1 Å². The Bertz CT molecular complexity index is 699. The van der Waals surface area contributed by atoms with E-state index in [2.05, 4.69) is 39.0 Å². The molecule has 0 radical (unpaired) electrons. The number of phenolic OH excluding ortho intramolecular Hbond substituents is 2. The van der Waals surface area contributed by atoms with Gasteiger partial charge in [0.05, 0.1) is 0 Å². The zero-order valence-corrected chi connectivity index (χ0v) is 12.9. The van der Waals surface area contributed by atoms with E-state index in [0.29, 0.717) is 0 Å². The summed E-state index contributed by atoms with van der Waals surface area (Å²) in [4.78, 5) is 0. The van der Waals surface area contributed by atoms with Crippen molar-refractivity contribution in [2.24, 2.45) is 0 Å². The minimum atomic E-state index is -0.0414. The third kappa shape index (κ3) is 2.10. The lowest BCUT2D eigenvalue weighted by Crippen LogP contribution is -2.27. The highest BCUT2D eigenvalue weighted by Gasteiger charge is 2.34. The van der Waals surface area contributed by atoms with E-state index in [9.17, 15) is 10.2 Å². The average Bonchev–Trinajstić information content (AvgIpc) is 2.42. The molecule has 2 aromatic carbocycles. The molecule has 0 spiro atoms. The second-order valence-corrected chi connectivity index (χ2v) is 6.62. The fraction of sp³-hybridized carbons (Fsp3) is 0.368. The van der Waals surface area contributed by atoms with E-state index in [1.54, 1.807) is 6.07 Å². The van der Waals surface area contributed by atoms with Gasteiger partial charge in [-0.1, -0.05) is 51.5 Å². The van der Waals surface area contributed by atoms with Crippen molar-refractivity contribution in [3.05, 3.63) is 47.0 Å². The Labute approximate surface area is 126 Å². The highest BCUT2D eigenvalue weighted by Crippen LogP contribution is 2.50. The second-order valence-electron chi connectivity index (χ2n) is 6.62. The van der Waals surface area contributed by atoms with Gasteiger partial charge in [0.1, 0.15) is 0 Å². The molecule has 2 N–H and O–H groups in total. The van der Waals surface area contributed by atoms with Gasteiger partial charge in [-0.3, -0.25) is 0 Å². The Morgan fingerprint density at radius 1 is 1.10 bits per heavy atom. The third-order valence-corrected chi connectivity index (χ3v) is 4.49. The SMILES string of the molecule is CCCc1cccc2c1C(C)(C)Cc1ccc(O)c(O)c1-2. The molecule has 0 bridgehead atoms. The molecule has 2 aromatic rings. The van der Waals surface area contributed by atoms with Crippen LogP contribution >= 0.6 is 0 Å². The Hall–Kier alpha value is -1.96. The van der Waals surface area contributed by atoms with E-state index >= 15 is 0 Å². The van der Waals surface area contributed by atoms with Crippen molar-refractivity contribution in [2.45, 2.75) is 45.4 Å². The van der Waals surface area contributed by atoms with Gasteiger partial charge < -0.3 is 10.2 Å². The summed E-state index contributed by atoms with van der Waals surface area (Å²) in [5.41, 5.74) is 5.70. The van der Waals surface area contributed by atoms with Crippen molar-refractivity contribution >= 4 is 0 Å². The summed E-state index contributed by atoms with van der Waals surface area (Å²) in [7, 11) is 0. The number of fused-ring (bicyclic) bond motifs is 3. The zero-order chi connectivity index (χ0) is 15.2. The van der Waals surface area contributed by atoms with Gasteiger partial charge in [0, 0.05) is 5.56 Å². The Morgan fingerprint density at radius 2 is 1.86 bits per heavy atom. The molecule has 0 saturated carbocycles. The zero-order valence-electron chi connectivity index (χ0n) is 12.9. The molecule has 0 aliphatic heterocycles. The van der Waals surface area contributed by atoms with Gasteiger partial charge in [-0.25, -0.2) is 0 Å². The fourth-order valence-electron chi connectivity index (χ4n) is 3.72. The molecule has 21 heavy (non-hydrogen) atoms. The number of aryl methyl sites for hydroxylation is 1. The summed E-state index contributed by atoms with van der Waals surface area (Å²) < 4.78 is 0. The molecule has 0 amide bonds. The maximum Gasteiger partial charge on any atom is 0.165 e. The standard InChI is InChI=1S/C19H22O2/c1-4-6-12-7-5-8-14-16-13(9-10-15(20)18(16)21)11-19(2,3)17(12)14/h5,7-10,20-21H,4,6,11H2,1-3H3. The van der Waals surface area contributed by atoms with E-state index in [-0.39, 0.29) is 16.9 Å². The lowest BCUT2D eigenvalue weighted by molar-refractivity contribution is 0.402. The number of phenols is 2. The minimum Gasteiger partial charge on any atom is -0.504 e. The maximum absolute atomic E-state index is 10.3. The molecule has 1 aliphatic rings. The Balaban J connectivity index is 2.34. The van der Waals surface area contributed by atoms with Crippen LogP contribution in [-0.2, 0) is 18.3 Å². The molecule has 0 heterocycles. The highest BCUT2D eigenvalue weighted by molar-refractivity contribution is 5.82. The van der Waals surface area contributed by atoms with Crippen LogP contribution in [0.1, 0.15) is 43.9 Å². The summed E-state index contributed by atoms with van der Waals surface area (Å²) in [5, 5.41) is 20.2. The molecule has 110 valence electrons. The first kappa shape index (κ1) is 14.0. The molecule has 0 aromatic heterocycles. The van der Waals surface area contributed by atoms with Gasteiger partial charge in [0.15, 0.2) is 11.5 Å². The third-order valence-electron chi connectivity index (χ3n) is 4.49. The lowest BCUT2D eigenvalue weighted by Gasteiger charge is -2.36. The quantitative estimate of drug-likeness (QED) is 0.793. The summed E-state index contributed by atoms with van der Waals surface area (Å²) in [5.74, 6) is -0.0294. The van der Waals surface area contributed by atoms with Crippen molar-refractivity contribution in [3.8, 4) is 22.6 Å². The van der Waals surface area contributed by atoms with Crippen LogP contribution in [0.15, 0.2) is 30.3 Å². The number of benzene rings is 2. The first-order chi connectivity index (χ1) is 9.95. The molecular formula is C19H22O2. The summed E-state index contributed by atoms with van der Waals surface area (Å²) >= 11 is 0. The number of rotatable bonds is 2. The van der Waals surface area contributed by atoms with E-state index in [4.69, 9.17) is 0 Å². The van der Waals surface area contributed by atoms with Crippen LogP contribution in [0.3, 0.4) is 0 Å². The second kappa shape index (κ2) is 4.80. The molecule has 0 saturated heterocycles. The number of hydrogen-bond acceptors (Lipinski definition) is 2. The normalized spacial score (nSPS) is 15.4. The maximum atomic E-state index is 10.3. The molecule has 0 fully saturated rings. The molecule has 1 aliphatic carbocycles. The van der Waals surface area contributed by atoms with Crippen LogP contribution in [0, 0.1) is 0 Å². The average molecular weight is 282 g/mol. The molecule has 2 nitrogen and oxygen atoms in total. The molecule has 0 unspecified atom stereocenters. The van der Waals surface area contributed by atoms with Crippen molar-refractivity contribution < 1.29 is 10.2 Å². The van der Waals surface area contributed by atoms with Crippen molar-refractivity contribution in [1.29, 1.82) is 0 Å². The topological polar surface area (TPSA) is 40.5 Å². The Kier molecular flexibility index (Phi) is 3.20. The van der Waals surface area contributed by atoms with Crippen LogP contribution in [0.4, 0.5) is 0 Å². The Morgan fingerprint density at radius 3 is 2.57 bits per heavy atom. The van der Waals surface area contributed by atoms with Crippen molar-refractivity contribution in [3.63, 3.8) is 0 Å². The van der Waals surface area contributed by atoms with E-state index in [1.807, 2.05) is 6.07 Å². The van der Waals surface area contributed by atoms with Crippen LogP contribution in [-0.4, -0.2) is 10.2 Å². The smallest absolute Gasteiger partial charge is 0.165 e. The van der Waals surface area contributed by atoms with Gasteiger partial charge in [0.2, 0.25) is 0 Å². The van der Waals surface area contributed by atoms with Gasteiger partial charge in [-0.15, -0.1) is 0 Å². The molecule has 3 rings (SSSR count).